The predicted octanol–water partition coefficient (Wildman–Crippen LogP) is 1.58. The van der Waals surface area contributed by atoms with Gasteiger partial charge in [-0.3, -0.25) is 0 Å². The van der Waals surface area contributed by atoms with Crippen molar-refractivity contribution in [2.75, 3.05) is 5.75 Å². The summed E-state index contributed by atoms with van der Waals surface area (Å²) in [7, 11) is 4.25. The predicted molar refractivity (Wildman–Crippen MR) is 52.5 cm³/mol. The molecule has 2 nitrogen and oxygen atoms in total. The monoisotopic (exact) mass is 185 g/mol. The highest BCUT2D eigenvalue weighted by molar-refractivity contribution is 7.99. The Morgan fingerprint density at radius 1 is 1.42 bits per heavy atom. The molecule has 0 saturated heterocycles. The Labute approximate surface area is 78.6 Å². The molecule has 0 amide bonds. The van der Waals surface area contributed by atoms with Crippen molar-refractivity contribution in [3.8, 4) is 0 Å². The smallest absolute Gasteiger partial charge is 0.224 e. The maximum Gasteiger partial charge on any atom is 0.317 e. The van der Waals surface area contributed by atoms with E-state index in [1.807, 2.05) is 11.8 Å². The molecule has 0 saturated carbocycles. The molecular weight excluding hydrogens is 168 g/mol. The van der Waals surface area contributed by atoms with Gasteiger partial charge in [0.1, 0.15) is 11.4 Å². The third-order valence-electron chi connectivity index (χ3n) is 2.38. The van der Waals surface area contributed by atoms with E-state index in [9.17, 15) is 0 Å². The number of imidazole rings is 1. The van der Waals surface area contributed by atoms with Crippen LogP contribution >= 0.6 is 11.8 Å². The van der Waals surface area contributed by atoms with E-state index in [-0.39, 0.29) is 0 Å². The first-order valence-electron chi connectivity index (χ1n) is 4.24. The number of nitrogens with zero attached hydrogens (tertiary/aromatic N) is 2. The third-order valence-corrected chi connectivity index (χ3v) is 3.47. The van der Waals surface area contributed by atoms with Crippen molar-refractivity contribution in [2.24, 2.45) is 14.1 Å². The second-order valence-electron chi connectivity index (χ2n) is 3.00. The zero-order valence-corrected chi connectivity index (χ0v) is 9.33. The van der Waals surface area contributed by atoms with E-state index in [1.165, 1.54) is 16.5 Å². The van der Waals surface area contributed by atoms with Crippen molar-refractivity contribution in [3.63, 3.8) is 0 Å². The topological polar surface area (TPSA) is 8.81 Å². The SMILES string of the molecule is CCSc1n(C)c(C)c(C)[n+]1C. The van der Waals surface area contributed by atoms with Crippen LogP contribution in [0.5, 0.6) is 0 Å². The lowest BCUT2D eigenvalue weighted by Crippen LogP contribution is -2.32. The van der Waals surface area contributed by atoms with Gasteiger partial charge in [0.05, 0.1) is 14.1 Å². The standard InChI is InChI=1S/C9H17N2S/c1-6-12-9-10(4)7(2)8(3)11(9)5/h6H2,1-5H3/q+1. The van der Waals surface area contributed by atoms with Gasteiger partial charge in [-0.1, -0.05) is 6.92 Å². The Morgan fingerprint density at radius 3 is 2.33 bits per heavy atom. The van der Waals surface area contributed by atoms with Crippen LogP contribution in [0.1, 0.15) is 18.3 Å². The molecule has 0 bridgehead atoms. The molecule has 1 heterocycles. The molecular formula is C9H17N2S+. The largest absolute Gasteiger partial charge is 0.317 e. The molecule has 3 heteroatoms. The van der Waals surface area contributed by atoms with Gasteiger partial charge < -0.3 is 0 Å². The van der Waals surface area contributed by atoms with Gasteiger partial charge >= 0.3 is 5.16 Å². The zero-order valence-electron chi connectivity index (χ0n) is 8.51. The van der Waals surface area contributed by atoms with E-state index in [1.54, 1.807) is 0 Å². The van der Waals surface area contributed by atoms with Crippen LogP contribution in [-0.2, 0) is 14.1 Å². The Bertz CT molecular complexity index is 264. The summed E-state index contributed by atoms with van der Waals surface area (Å²) in [5.74, 6) is 1.13. The van der Waals surface area contributed by atoms with E-state index in [0.717, 1.165) is 5.75 Å². The van der Waals surface area contributed by atoms with Crippen LogP contribution in [0.3, 0.4) is 0 Å². The van der Waals surface area contributed by atoms with Gasteiger partial charge in [0.2, 0.25) is 0 Å². The minimum atomic E-state index is 1.13. The number of hydrogen-bond donors (Lipinski definition) is 0. The van der Waals surface area contributed by atoms with E-state index < -0.39 is 0 Å². The molecule has 68 valence electrons. The lowest BCUT2D eigenvalue weighted by molar-refractivity contribution is -0.715. The molecule has 1 rings (SSSR count). The Balaban J connectivity index is 3.18. The van der Waals surface area contributed by atoms with Crippen molar-refractivity contribution < 1.29 is 4.57 Å². The van der Waals surface area contributed by atoms with E-state index >= 15 is 0 Å². The minimum Gasteiger partial charge on any atom is -0.224 e. The summed E-state index contributed by atoms with van der Waals surface area (Å²) >= 11 is 1.89. The second kappa shape index (κ2) is 3.52. The van der Waals surface area contributed by atoms with Crippen LogP contribution in [0.15, 0.2) is 5.16 Å². The fourth-order valence-corrected chi connectivity index (χ4v) is 2.24. The molecule has 0 aliphatic heterocycles. The fraction of sp³-hybridized carbons (Fsp3) is 0.667. The van der Waals surface area contributed by atoms with Crippen molar-refractivity contribution >= 4 is 11.8 Å². The summed E-state index contributed by atoms with van der Waals surface area (Å²) < 4.78 is 4.51. The molecule has 0 aromatic carbocycles. The summed E-state index contributed by atoms with van der Waals surface area (Å²) in [6.45, 7) is 6.51. The molecule has 0 aliphatic carbocycles. The quantitative estimate of drug-likeness (QED) is 0.502. The summed E-state index contributed by atoms with van der Waals surface area (Å²) in [6, 6.07) is 0. The lowest BCUT2D eigenvalue weighted by atomic mass is 10.4. The molecule has 1 aromatic heterocycles. The Kier molecular flexibility index (Phi) is 2.83. The number of rotatable bonds is 2. The van der Waals surface area contributed by atoms with Gasteiger partial charge in [0.15, 0.2) is 0 Å². The third kappa shape index (κ3) is 1.38. The summed E-state index contributed by atoms with van der Waals surface area (Å²) in [6.07, 6.45) is 0. The minimum absolute atomic E-state index is 1.13. The van der Waals surface area contributed by atoms with Crippen LogP contribution < -0.4 is 4.57 Å². The van der Waals surface area contributed by atoms with Crippen molar-refractivity contribution in [1.29, 1.82) is 0 Å². The zero-order chi connectivity index (χ0) is 9.30. The van der Waals surface area contributed by atoms with Gasteiger partial charge in [-0.25, -0.2) is 9.13 Å². The first-order chi connectivity index (χ1) is 5.59. The van der Waals surface area contributed by atoms with Gasteiger partial charge in [-0.05, 0) is 11.8 Å². The molecule has 0 radical (unpaired) electrons. The Morgan fingerprint density at radius 2 is 2.00 bits per heavy atom. The molecule has 0 atom stereocenters. The van der Waals surface area contributed by atoms with Crippen molar-refractivity contribution in [3.05, 3.63) is 11.4 Å². The van der Waals surface area contributed by atoms with Gasteiger partial charge in [0.25, 0.3) is 0 Å². The van der Waals surface area contributed by atoms with Crippen LogP contribution in [0.2, 0.25) is 0 Å². The van der Waals surface area contributed by atoms with Crippen LogP contribution in [0.25, 0.3) is 0 Å². The Hall–Kier alpha value is -0.440. The number of hydrogen-bond acceptors (Lipinski definition) is 1. The second-order valence-corrected chi connectivity index (χ2v) is 4.24. The van der Waals surface area contributed by atoms with Gasteiger partial charge in [-0.15, -0.1) is 0 Å². The first-order valence-corrected chi connectivity index (χ1v) is 5.22. The first kappa shape index (κ1) is 9.65. The average Bonchev–Trinajstić information content (AvgIpc) is 2.23. The molecule has 0 unspecified atom stereocenters. The summed E-state index contributed by atoms with van der Waals surface area (Å²) in [5, 5.41) is 1.34. The van der Waals surface area contributed by atoms with E-state index in [4.69, 9.17) is 0 Å². The highest BCUT2D eigenvalue weighted by atomic mass is 32.2. The van der Waals surface area contributed by atoms with Crippen LogP contribution in [0, 0.1) is 13.8 Å². The van der Waals surface area contributed by atoms with Gasteiger partial charge in [0, 0.05) is 19.6 Å². The van der Waals surface area contributed by atoms with Crippen molar-refractivity contribution in [2.45, 2.75) is 25.9 Å². The molecule has 0 aliphatic rings. The number of thioether (sulfide) groups is 1. The molecule has 0 fully saturated rings. The highest BCUT2D eigenvalue weighted by Crippen LogP contribution is 2.16. The fourth-order valence-electron chi connectivity index (χ4n) is 1.32. The average molecular weight is 185 g/mol. The van der Waals surface area contributed by atoms with E-state index in [2.05, 4.69) is 44.0 Å². The highest BCUT2D eigenvalue weighted by Gasteiger charge is 2.19. The lowest BCUT2D eigenvalue weighted by Gasteiger charge is -1.94. The maximum atomic E-state index is 2.25. The van der Waals surface area contributed by atoms with E-state index in [0.29, 0.717) is 0 Å². The van der Waals surface area contributed by atoms with Gasteiger partial charge in [-0.2, -0.15) is 0 Å². The van der Waals surface area contributed by atoms with Crippen molar-refractivity contribution in [1.82, 2.24) is 4.57 Å². The van der Waals surface area contributed by atoms with Crippen LogP contribution in [-0.4, -0.2) is 10.3 Å². The molecule has 0 spiro atoms. The molecule has 0 N–H and O–H groups in total. The summed E-state index contributed by atoms with van der Waals surface area (Å²) in [5.41, 5.74) is 2.71. The molecule has 1 aromatic rings. The normalized spacial score (nSPS) is 10.8. The number of aromatic nitrogens is 2. The van der Waals surface area contributed by atoms with Crippen LogP contribution in [0.4, 0.5) is 0 Å². The summed E-state index contributed by atoms with van der Waals surface area (Å²) in [4.78, 5) is 0. The molecule has 12 heavy (non-hydrogen) atoms. The maximum absolute atomic E-state index is 2.25.